The lowest BCUT2D eigenvalue weighted by atomic mass is 10.1. The summed E-state index contributed by atoms with van der Waals surface area (Å²) >= 11 is 1.41. The molecule has 0 atom stereocenters. The molecule has 2 aromatic rings. The predicted octanol–water partition coefficient (Wildman–Crippen LogP) is 3.16. The first kappa shape index (κ1) is 14.9. The number of hydroxylamine groups is 1. The van der Waals surface area contributed by atoms with Gasteiger partial charge in [0.15, 0.2) is 5.78 Å². The fraction of sp³-hybridized carbons (Fsp3) is 0. The molecular formula is C16H13NO3S. The summed E-state index contributed by atoms with van der Waals surface area (Å²) in [5.74, 6) is -0.603. The summed E-state index contributed by atoms with van der Waals surface area (Å²) in [5, 5.41) is 10.2. The minimum atomic E-state index is -0.583. The summed E-state index contributed by atoms with van der Waals surface area (Å²) in [6.45, 7) is 0. The minimum absolute atomic E-state index is 0.0198. The van der Waals surface area contributed by atoms with Gasteiger partial charge in [-0.05, 0) is 34.7 Å². The van der Waals surface area contributed by atoms with Crippen LogP contribution >= 0.6 is 11.3 Å². The molecule has 2 N–H and O–H groups in total. The van der Waals surface area contributed by atoms with Crippen molar-refractivity contribution in [1.29, 1.82) is 0 Å². The number of allylic oxidation sites excluding steroid dienone is 1. The molecule has 1 aromatic carbocycles. The van der Waals surface area contributed by atoms with Gasteiger partial charge in [-0.25, -0.2) is 5.48 Å². The number of amides is 1. The Hall–Kier alpha value is -2.50. The van der Waals surface area contributed by atoms with Crippen LogP contribution in [0, 0.1) is 0 Å². The Labute approximate surface area is 126 Å². The number of rotatable bonds is 5. The predicted molar refractivity (Wildman–Crippen MR) is 83.1 cm³/mol. The van der Waals surface area contributed by atoms with Crippen molar-refractivity contribution in [3.8, 4) is 0 Å². The smallest absolute Gasteiger partial charge is 0.267 e. The van der Waals surface area contributed by atoms with E-state index >= 15 is 0 Å². The number of ketones is 1. The highest BCUT2D eigenvalue weighted by Crippen LogP contribution is 2.12. The normalized spacial score (nSPS) is 11.1. The number of thiophene rings is 1. The molecule has 21 heavy (non-hydrogen) atoms. The van der Waals surface area contributed by atoms with Crippen molar-refractivity contribution in [3.63, 3.8) is 0 Å². The summed E-state index contributed by atoms with van der Waals surface area (Å²) < 4.78 is 0. The number of hydrogen-bond donors (Lipinski definition) is 2. The lowest BCUT2D eigenvalue weighted by molar-refractivity contribution is -0.124. The number of carbonyl (C=O) groups excluding carboxylic acids is 2. The number of nitrogens with one attached hydrogen (secondary N) is 1. The molecule has 1 aromatic heterocycles. The number of hydrogen-bond acceptors (Lipinski definition) is 4. The maximum Gasteiger partial charge on any atom is 0.267 e. The third kappa shape index (κ3) is 4.52. The third-order valence-corrected chi connectivity index (χ3v) is 3.55. The van der Waals surface area contributed by atoms with Gasteiger partial charge in [0.05, 0.1) is 4.88 Å². The molecule has 0 spiro atoms. The Kier molecular flexibility index (Phi) is 5.20. The highest BCUT2D eigenvalue weighted by Gasteiger charge is 2.01. The van der Waals surface area contributed by atoms with E-state index in [1.807, 2.05) is 35.7 Å². The first-order valence-electron chi connectivity index (χ1n) is 6.17. The van der Waals surface area contributed by atoms with Gasteiger partial charge in [0.25, 0.3) is 5.91 Å². The van der Waals surface area contributed by atoms with Gasteiger partial charge in [0.1, 0.15) is 0 Å². The van der Waals surface area contributed by atoms with Gasteiger partial charge in [0.2, 0.25) is 0 Å². The molecule has 0 unspecified atom stereocenters. The molecule has 1 amide bonds. The second-order valence-corrected chi connectivity index (χ2v) is 5.10. The fourth-order valence-corrected chi connectivity index (χ4v) is 2.25. The van der Waals surface area contributed by atoms with Crippen molar-refractivity contribution < 1.29 is 14.8 Å². The van der Waals surface area contributed by atoms with Gasteiger partial charge in [-0.3, -0.25) is 14.8 Å². The molecule has 5 heteroatoms. The zero-order valence-electron chi connectivity index (χ0n) is 11.0. The summed E-state index contributed by atoms with van der Waals surface area (Å²) in [6, 6.07) is 10.9. The fourth-order valence-electron chi connectivity index (χ4n) is 1.60. The Morgan fingerprint density at radius 2 is 1.62 bits per heavy atom. The monoisotopic (exact) mass is 299 g/mol. The molecule has 0 aliphatic carbocycles. The highest BCUT2D eigenvalue weighted by atomic mass is 32.1. The van der Waals surface area contributed by atoms with Crippen molar-refractivity contribution in [3.05, 3.63) is 69.9 Å². The Morgan fingerprint density at radius 1 is 1.00 bits per heavy atom. The zero-order chi connectivity index (χ0) is 15.1. The van der Waals surface area contributed by atoms with Crippen LogP contribution in [-0.4, -0.2) is 16.9 Å². The molecular weight excluding hydrogens is 286 g/mol. The standard InChI is InChI=1S/C16H13NO3S/c18-14(15-2-1-11-21-15)9-7-12-3-5-13(6-4-12)8-10-16(19)17-20/h1-11,20H,(H,17,19)/b9-7+,10-8+. The van der Waals surface area contributed by atoms with Crippen LogP contribution in [0.5, 0.6) is 0 Å². The first-order valence-corrected chi connectivity index (χ1v) is 7.05. The van der Waals surface area contributed by atoms with Crippen molar-refractivity contribution in [2.75, 3.05) is 0 Å². The molecule has 4 nitrogen and oxygen atoms in total. The first-order chi connectivity index (χ1) is 10.2. The topological polar surface area (TPSA) is 66.4 Å². The molecule has 0 saturated heterocycles. The van der Waals surface area contributed by atoms with Crippen LogP contribution in [0.15, 0.2) is 53.9 Å². The van der Waals surface area contributed by atoms with Gasteiger partial charge in [-0.2, -0.15) is 0 Å². The maximum atomic E-state index is 11.8. The lowest BCUT2D eigenvalue weighted by Gasteiger charge is -1.96. The molecule has 0 bridgehead atoms. The maximum absolute atomic E-state index is 11.8. The van der Waals surface area contributed by atoms with E-state index in [1.54, 1.807) is 18.2 Å². The molecule has 0 fully saturated rings. The zero-order valence-corrected chi connectivity index (χ0v) is 11.8. The second-order valence-electron chi connectivity index (χ2n) is 4.15. The van der Waals surface area contributed by atoms with Gasteiger partial charge in [-0.15, -0.1) is 11.3 Å². The molecule has 0 aliphatic heterocycles. The van der Waals surface area contributed by atoms with Crippen LogP contribution in [0.3, 0.4) is 0 Å². The van der Waals surface area contributed by atoms with Gasteiger partial charge >= 0.3 is 0 Å². The summed E-state index contributed by atoms with van der Waals surface area (Å²) in [7, 11) is 0. The molecule has 0 saturated carbocycles. The summed E-state index contributed by atoms with van der Waals surface area (Å²) in [6.07, 6.45) is 6.09. The van der Waals surface area contributed by atoms with Crippen molar-refractivity contribution in [1.82, 2.24) is 5.48 Å². The second kappa shape index (κ2) is 7.33. The molecule has 2 rings (SSSR count). The SMILES string of the molecule is O=C(/C=C/c1ccc(/C=C/C(=O)c2cccs2)cc1)NO. The van der Waals surface area contributed by atoms with Crippen molar-refractivity contribution in [2.24, 2.45) is 0 Å². The summed E-state index contributed by atoms with van der Waals surface area (Å²) in [4.78, 5) is 23.4. The van der Waals surface area contributed by atoms with E-state index in [9.17, 15) is 9.59 Å². The number of carbonyl (C=O) groups is 2. The Bertz CT molecular complexity index is 670. The van der Waals surface area contributed by atoms with Crippen LogP contribution in [-0.2, 0) is 4.79 Å². The third-order valence-electron chi connectivity index (χ3n) is 2.67. The molecule has 0 aliphatic rings. The van der Waals surface area contributed by atoms with Crippen LogP contribution in [0.2, 0.25) is 0 Å². The van der Waals surface area contributed by atoms with Crippen LogP contribution < -0.4 is 5.48 Å². The molecule has 106 valence electrons. The average Bonchev–Trinajstić information content (AvgIpc) is 3.05. The van der Waals surface area contributed by atoms with E-state index in [4.69, 9.17) is 5.21 Å². The minimum Gasteiger partial charge on any atom is -0.288 e. The molecule has 1 heterocycles. The van der Waals surface area contributed by atoms with E-state index in [1.165, 1.54) is 29.0 Å². The van der Waals surface area contributed by atoms with E-state index < -0.39 is 5.91 Å². The van der Waals surface area contributed by atoms with Gasteiger partial charge in [0, 0.05) is 6.08 Å². The van der Waals surface area contributed by atoms with E-state index in [0.29, 0.717) is 4.88 Å². The van der Waals surface area contributed by atoms with E-state index in [0.717, 1.165) is 11.1 Å². The van der Waals surface area contributed by atoms with Crippen LogP contribution in [0.4, 0.5) is 0 Å². The van der Waals surface area contributed by atoms with Crippen LogP contribution in [0.25, 0.3) is 12.2 Å². The van der Waals surface area contributed by atoms with Crippen LogP contribution in [0.1, 0.15) is 20.8 Å². The highest BCUT2D eigenvalue weighted by molar-refractivity contribution is 7.12. The largest absolute Gasteiger partial charge is 0.288 e. The summed E-state index contributed by atoms with van der Waals surface area (Å²) in [5.41, 5.74) is 3.23. The molecule has 0 radical (unpaired) electrons. The van der Waals surface area contributed by atoms with E-state index in [-0.39, 0.29) is 5.78 Å². The van der Waals surface area contributed by atoms with Crippen molar-refractivity contribution >= 4 is 35.2 Å². The average molecular weight is 299 g/mol. The quantitative estimate of drug-likeness (QED) is 0.386. The van der Waals surface area contributed by atoms with E-state index in [2.05, 4.69) is 0 Å². The Balaban J connectivity index is 2.01. The Morgan fingerprint density at radius 3 is 2.14 bits per heavy atom. The lowest BCUT2D eigenvalue weighted by Crippen LogP contribution is -2.14. The number of benzene rings is 1. The van der Waals surface area contributed by atoms with Gasteiger partial charge in [-0.1, -0.05) is 36.4 Å². The van der Waals surface area contributed by atoms with Gasteiger partial charge < -0.3 is 0 Å². The van der Waals surface area contributed by atoms with Crippen molar-refractivity contribution in [2.45, 2.75) is 0 Å².